The average molecular weight is 600 g/mol. The molecule has 0 amide bonds. The predicted octanol–water partition coefficient (Wildman–Crippen LogP) is 11.3. The largest absolute Gasteiger partial charge is 0.456 e. The Kier molecular flexibility index (Phi) is 5.54. The Morgan fingerprint density at radius 1 is 0.340 bits per heavy atom. The van der Waals surface area contributed by atoms with Crippen molar-refractivity contribution in [3.05, 3.63) is 152 Å². The van der Waals surface area contributed by atoms with E-state index in [0.29, 0.717) is 17.5 Å². The predicted molar refractivity (Wildman–Crippen MR) is 193 cm³/mol. The van der Waals surface area contributed by atoms with Gasteiger partial charge in [-0.2, -0.15) is 0 Å². The van der Waals surface area contributed by atoms with Crippen molar-refractivity contribution in [1.29, 1.82) is 0 Å². The first-order valence-corrected chi connectivity index (χ1v) is 15.8. The maximum absolute atomic E-state index is 6.42. The fourth-order valence-corrected chi connectivity index (χ4v) is 7.04. The van der Waals surface area contributed by atoms with E-state index >= 15 is 0 Å². The van der Waals surface area contributed by atoms with Crippen molar-refractivity contribution in [1.82, 2.24) is 15.0 Å². The van der Waals surface area contributed by atoms with Crippen LogP contribution >= 0.6 is 0 Å². The number of furan rings is 1. The van der Waals surface area contributed by atoms with Crippen LogP contribution in [0.3, 0.4) is 0 Å². The van der Waals surface area contributed by atoms with Crippen LogP contribution in [0.5, 0.6) is 0 Å². The minimum atomic E-state index is 0.611. The average Bonchev–Trinajstić information content (AvgIpc) is 3.52. The van der Waals surface area contributed by atoms with Crippen molar-refractivity contribution in [2.75, 3.05) is 0 Å². The molecule has 0 aliphatic carbocycles. The Bertz CT molecular complexity index is 2660. The molecule has 10 aromatic rings. The molecule has 0 bridgehead atoms. The molecule has 2 aromatic heterocycles. The van der Waals surface area contributed by atoms with Gasteiger partial charge in [-0.1, -0.05) is 121 Å². The quantitative estimate of drug-likeness (QED) is 0.189. The topological polar surface area (TPSA) is 51.8 Å². The summed E-state index contributed by atoms with van der Waals surface area (Å²) in [5, 5.41) is 9.70. The van der Waals surface area contributed by atoms with Crippen LogP contribution in [-0.4, -0.2) is 15.0 Å². The number of hydrogen-bond donors (Lipinski definition) is 0. The normalized spacial score (nSPS) is 11.8. The second-order valence-electron chi connectivity index (χ2n) is 12.0. The van der Waals surface area contributed by atoms with Gasteiger partial charge in [-0.25, -0.2) is 15.0 Å². The summed E-state index contributed by atoms with van der Waals surface area (Å²) in [7, 11) is 0. The molecule has 2 heterocycles. The van der Waals surface area contributed by atoms with Crippen LogP contribution < -0.4 is 0 Å². The smallest absolute Gasteiger partial charge is 0.164 e. The zero-order chi connectivity index (χ0) is 30.9. The van der Waals surface area contributed by atoms with Crippen LogP contribution in [-0.2, 0) is 0 Å². The van der Waals surface area contributed by atoms with Crippen molar-refractivity contribution in [2.24, 2.45) is 0 Å². The van der Waals surface area contributed by atoms with Crippen LogP contribution in [0.15, 0.2) is 156 Å². The summed E-state index contributed by atoms with van der Waals surface area (Å²) in [5.41, 5.74) is 6.71. The van der Waals surface area contributed by atoms with Crippen LogP contribution in [0.25, 0.3) is 99.5 Å². The third-order valence-electron chi connectivity index (χ3n) is 9.23. The highest BCUT2D eigenvalue weighted by Crippen LogP contribution is 2.41. The van der Waals surface area contributed by atoms with Gasteiger partial charge in [0.25, 0.3) is 0 Å². The lowest BCUT2D eigenvalue weighted by molar-refractivity contribution is 0.669. The van der Waals surface area contributed by atoms with Crippen molar-refractivity contribution in [3.63, 3.8) is 0 Å². The Balaban J connectivity index is 1.19. The first-order chi connectivity index (χ1) is 23.3. The van der Waals surface area contributed by atoms with Crippen LogP contribution in [0, 0.1) is 0 Å². The molecule has 4 nitrogen and oxygen atoms in total. The van der Waals surface area contributed by atoms with E-state index in [1.54, 1.807) is 0 Å². The molecule has 0 saturated heterocycles. The molecule has 0 aliphatic rings. The van der Waals surface area contributed by atoms with Gasteiger partial charge in [-0.15, -0.1) is 0 Å². The Labute approximate surface area is 270 Å². The Morgan fingerprint density at radius 3 is 1.57 bits per heavy atom. The molecular formula is C43H25N3O. The first-order valence-electron chi connectivity index (χ1n) is 15.8. The maximum Gasteiger partial charge on any atom is 0.164 e. The van der Waals surface area contributed by atoms with Gasteiger partial charge in [0.1, 0.15) is 11.2 Å². The molecule has 8 aromatic carbocycles. The molecule has 0 radical (unpaired) electrons. The molecule has 218 valence electrons. The highest BCUT2D eigenvalue weighted by atomic mass is 16.3. The van der Waals surface area contributed by atoms with Crippen LogP contribution in [0.4, 0.5) is 0 Å². The number of aromatic nitrogens is 3. The molecule has 0 saturated carbocycles. The molecule has 0 atom stereocenters. The Hall–Kier alpha value is -6.39. The van der Waals surface area contributed by atoms with Crippen molar-refractivity contribution in [2.45, 2.75) is 0 Å². The Morgan fingerprint density at radius 2 is 0.915 bits per heavy atom. The fraction of sp³-hybridized carbons (Fsp3) is 0. The number of nitrogens with zero attached hydrogens (tertiary/aromatic N) is 3. The third kappa shape index (κ3) is 4.12. The lowest BCUT2D eigenvalue weighted by Gasteiger charge is -2.13. The molecule has 0 aliphatic heterocycles. The second-order valence-corrected chi connectivity index (χ2v) is 12.0. The van der Waals surface area contributed by atoms with E-state index in [0.717, 1.165) is 44.2 Å². The van der Waals surface area contributed by atoms with Crippen LogP contribution in [0.1, 0.15) is 0 Å². The molecule has 0 fully saturated rings. The zero-order valence-corrected chi connectivity index (χ0v) is 25.2. The van der Waals surface area contributed by atoms with Gasteiger partial charge in [0.15, 0.2) is 17.5 Å². The summed E-state index contributed by atoms with van der Waals surface area (Å²) < 4.78 is 6.42. The van der Waals surface area contributed by atoms with Gasteiger partial charge < -0.3 is 4.42 Å². The second kappa shape index (κ2) is 10.1. The monoisotopic (exact) mass is 599 g/mol. The van der Waals surface area contributed by atoms with E-state index in [4.69, 9.17) is 19.4 Å². The van der Waals surface area contributed by atoms with Gasteiger partial charge in [0.2, 0.25) is 0 Å². The van der Waals surface area contributed by atoms with Gasteiger partial charge >= 0.3 is 0 Å². The summed E-state index contributed by atoms with van der Waals surface area (Å²) in [5.74, 6) is 1.88. The highest BCUT2D eigenvalue weighted by Gasteiger charge is 2.19. The van der Waals surface area contributed by atoms with Crippen molar-refractivity contribution >= 4 is 54.3 Å². The molecule has 0 spiro atoms. The van der Waals surface area contributed by atoms with E-state index in [1.807, 2.05) is 72.8 Å². The number of fused-ring (bicyclic) bond motifs is 3. The van der Waals surface area contributed by atoms with Gasteiger partial charge in [-0.05, 0) is 73.8 Å². The number of hydrogen-bond acceptors (Lipinski definition) is 4. The first kappa shape index (κ1) is 25.9. The van der Waals surface area contributed by atoms with Crippen LogP contribution in [0.2, 0.25) is 0 Å². The molecular weight excluding hydrogens is 574 g/mol. The summed E-state index contributed by atoms with van der Waals surface area (Å²) in [6, 6.07) is 52.8. The molecule has 0 unspecified atom stereocenters. The molecule has 10 rings (SSSR count). The van der Waals surface area contributed by atoms with Gasteiger partial charge in [-0.3, -0.25) is 0 Å². The van der Waals surface area contributed by atoms with E-state index in [9.17, 15) is 0 Å². The highest BCUT2D eigenvalue weighted by molar-refractivity contribution is 6.24. The lowest BCUT2D eigenvalue weighted by Crippen LogP contribution is -2.00. The summed E-state index contributed by atoms with van der Waals surface area (Å²) in [6.45, 7) is 0. The number of rotatable bonds is 4. The number of benzene rings is 8. The fourth-order valence-electron chi connectivity index (χ4n) is 7.04. The van der Waals surface area contributed by atoms with Crippen molar-refractivity contribution < 1.29 is 4.42 Å². The molecule has 0 N–H and O–H groups in total. The van der Waals surface area contributed by atoms with Crippen molar-refractivity contribution in [3.8, 4) is 45.3 Å². The summed E-state index contributed by atoms with van der Waals surface area (Å²) in [4.78, 5) is 15.0. The molecule has 4 heteroatoms. The van der Waals surface area contributed by atoms with Gasteiger partial charge in [0, 0.05) is 27.5 Å². The maximum atomic E-state index is 6.42. The van der Waals surface area contributed by atoms with E-state index in [-0.39, 0.29) is 0 Å². The standard InChI is InChI=1S/C43H25N3O/c1-3-9-28(10-4-1)41-44-42(29-11-5-2-6-12-29)46-43(45-41)34-15-8-16-37-40(34)35-25-30(21-22-36(35)47-37)33-23-31-19-17-26-13-7-14-27-18-20-32(24-33)39(31)38(26)27/h1-25H. The van der Waals surface area contributed by atoms with Gasteiger partial charge in [0.05, 0.1) is 0 Å². The minimum absolute atomic E-state index is 0.611. The van der Waals surface area contributed by atoms with E-state index < -0.39 is 0 Å². The summed E-state index contributed by atoms with van der Waals surface area (Å²) in [6.07, 6.45) is 0. The zero-order valence-electron chi connectivity index (χ0n) is 25.2. The molecule has 47 heavy (non-hydrogen) atoms. The summed E-state index contributed by atoms with van der Waals surface area (Å²) >= 11 is 0. The lowest BCUT2D eigenvalue weighted by atomic mass is 9.91. The van der Waals surface area contributed by atoms with E-state index in [1.165, 1.54) is 37.9 Å². The third-order valence-corrected chi connectivity index (χ3v) is 9.23. The minimum Gasteiger partial charge on any atom is -0.456 e. The SMILES string of the molecule is c1ccc(-c2nc(-c3ccccc3)nc(-c3cccc4oc5ccc(-c6cc7ccc8cccc9ccc(c6)c7c89)cc5c34)n2)cc1. The van der Waals surface area contributed by atoms with E-state index in [2.05, 4.69) is 78.9 Å².